The Hall–Kier alpha value is -3.22. The maximum Gasteiger partial charge on any atom is 0.265 e. The van der Waals surface area contributed by atoms with Gasteiger partial charge in [-0.1, -0.05) is 13.8 Å². The van der Waals surface area contributed by atoms with Crippen LogP contribution in [0.15, 0.2) is 40.2 Å². The minimum atomic E-state index is -4.12. The molecule has 1 aromatic carbocycles. The van der Waals surface area contributed by atoms with Crippen molar-refractivity contribution in [3.63, 3.8) is 0 Å². The lowest BCUT2D eigenvalue weighted by Gasteiger charge is -2.35. The molecular weight excluding hydrogens is 520 g/mol. The topological polar surface area (TPSA) is 130 Å². The smallest absolute Gasteiger partial charge is 0.265 e. The number of hydrogen-bond donors (Lipinski definition) is 2. The van der Waals surface area contributed by atoms with Crippen LogP contribution >= 0.6 is 0 Å². The second kappa shape index (κ2) is 11.5. The SMILES string of the molecule is Cc1nc2cc(OCCN3CCOCC3)c(S(=O)(=O)Nc3ccc(N4C[C@H](C)C[C@@H](C)C4)nc3)cc2c(=O)[nH]1. The summed E-state index contributed by atoms with van der Waals surface area (Å²) in [6, 6.07) is 6.39. The van der Waals surface area contributed by atoms with Crippen LogP contribution in [0.1, 0.15) is 26.1 Å². The number of H-pyrrole nitrogens is 1. The van der Waals surface area contributed by atoms with Crippen molar-refractivity contribution in [1.82, 2.24) is 19.9 Å². The maximum atomic E-state index is 13.6. The largest absolute Gasteiger partial charge is 0.491 e. The van der Waals surface area contributed by atoms with Crippen molar-refractivity contribution in [2.24, 2.45) is 11.8 Å². The molecule has 2 aliphatic heterocycles. The van der Waals surface area contributed by atoms with Crippen LogP contribution < -0.4 is 19.9 Å². The lowest BCUT2D eigenvalue weighted by atomic mass is 9.92. The van der Waals surface area contributed by atoms with Crippen molar-refractivity contribution >= 4 is 32.4 Å². The number of pyridine rings is 1. The normalized spacial score (nSPS) is 20.7. The van der Waals surface area contributed by atoms with Crippen LogP contribution in [-0.4, -0.2) is 80.8 Å². The number of hydrogen-bond acceptors (Lipinski definition) is 9. The fourth-order valence-corrected chi connectivity index (χ4v) is 6.59. The Bertz CT molecular complexity index is 1460. The number of aromatic nitrogens is 3. The summed E-state index contributed by atoms with van der Waals surface area (Å²) in [5.41, 5.74) is 0.282. The minimum Gasteiger partial charge on any atom is -0.491 e. The predicted octanol–water partition coefficient (Wildman–Crippen LogP) is 2.62. The molecule has 2 N–H and O–H groups in total. The molecule has 2 fully saturated rings. The predicted molar refractivity (Wildman–Crippen MR) is 150 cm³/mol. The highest BCUT2D eigenvalue weighted by atomic mass is 32.2. The van der Waals surface area contributed by atoms with E-state index >= 15 is 0 Å². The third-order valence-corrected chi connectivity index (χ3v) is 8.54. The number of benzene rings is 1. The number of aryl methyl sites for hydroxylation is 1. The average Bonchev–Trinajstić information content (AvgIpc) is 2.88. The van der Waals surface area contributed by atoms with E-state index in [-0.39, 0.29) is 22.6 Å². The van der Waals surface area contributed by atoms with Crippen molar-refractivity contribution in [2.45, 2.75) is 32.1 Å². The van der Waals surface area contributed by atoms with Crippen LogP contribution in [0.5, 0.6) is 5.75 Å². The van der Waals surface area contributed by atoms with E-state index in [4.69, 9.17) is 9.47 Å². The van der Waals surface area contributed by atoms with Gasteiger partial charge < -0.3 is 19.4 Å². The third-order valence-electron chi connectivity index (χ3n) is 7.14. The quantitative estimate of drug-likeness (QED) is 0.430. The molecule has 0 bridgehead atoms. The number of anilines is 2. The minimum absolute atomic E-state index is 0.129. The Morgan fingerprint density at radius 2 is 1.90 bits per heavy atom. The van der Waals surface area contributed by atoms with Crippen LogP contribution in [0.3, 0.4) is 0 Å². The molecule has 0 aliphatic carbocycles. The van der Waals surface area contributed by atoms with Gasteiger partial charge in [-0.15, -0.1) is 0 Å². The van der Waals surface area contributed by atoms with Crippen LogP contribution in [-0.2, 0) is 14.8 Å². The highest BCUT2D eigenvalue weighted by molar-refractivity contribution is 7.92. The van der Waals surface area contributed by atoms with Crippen LogP contribution in [0.25, 0.3) is 10.9 Å². The van der Waals surface area contributed by atoms with Crippen LogP contribution in [0, 0.1) is 18.8 Å². The van der Waals surface area contributed by atoms with Crippen molar-refractivity contribution in [3.8, 4) is 5.75 Å². The Morgan fingerprint density at radius 3 is 2.59 bits per heavy atom. The van der Waals surface area contributed by atoms with Gasteiger partial charge in [0, 0.05) is 38.8 Å². The summed E-state index contributed by atoms with van der Waals surface area (Å²) in [6.45, 7) is 11.8. The summed E-state index contributed by atoms with van der Waals surface area (Å²) in [5, 5.41) is 0.170. The van der Waals surface area contributed by atoms with Gasteiger partial charge in [-0.05, 0) is 43.4 Å². The molecule has 210 valence electrons. The lowest BCUT2D eigenvalue weighted by molar-refractivity contribution is 0.0321. The molecule has 5 rings (SSSR count). The molecule has 12 heteroatoms. The Kier molecular flexibility index (Phi) is 8.06. The molecule has 0 unspecified atom stereocenters. The first-order chi connectivity index (χ1) is 18.7. The zero-order valence-corrected chi connectivity index (χ0v) is 23.5. The van der Waals surface area contributed by atoms with Gasteiger partial charge in [-0.25, -0.2) is 18.4 Å². The number of ether oxygens (including phenoxy) is 2. The van der Waals surface area contributed by atoms with E-state index in [2.05, 4.69) is 43.3 Å². The highest BCUT2D eigenvalue weighted by Gasteiger charge is 2.25. The molecular formula is C27H36N6O5S. The summed E-state index contributed by atoms with van der Waals surface area (Å²) < 4.78 is 41.2. The number of nitrogens with zero attached hydrogens (tertiary/aromatic N) is 4. The molecule has 0 spiro atoms. The summed E-state index contributed by atoms with van der Waals surface area (Å²) in [6.07, 6.45) is 2.71. The molecule has 2 aliphatic rings. The van der Waals surface area contributed by atoms with Gasteiger partial charge in [-0.3, -0.25) is 14.4 Å². The number of nitrogens with one attached hydrogen (secondary N) is 2. The van der Waals surface area contributed by atoms with Gasteiger partial charge in [0.2, 0.25) is 0 Å². The second-order valence-electron chi connectivity index (χ2n) is 10.6. The Balaban J connectivity index is 1.40. The van der Waals surface area contributed by atoms with Gasteiger partial charge in [0.05, 0.1) is 36.0 Å². The van der Waals surface area contributed by atoms with Crippen molar-refractivity contribution in [1.29, 1.82) is 0 Å². The van der Waals surface area contributed by atoms with Crippen LogP contribution in [0.2, 0.25) is 0 Å². The molecule has 2 saturated heterocycles. The summed E-state index contributed by atoms with van der Waals surface area (Å²) in [7, 11) is -4.12. The van der Waals surface area contributed by atoms with Gasteiger partial charge in [-0.2, -0.15) is 0 Å². The van der Waals surface area contributed by atoms with E-state index in [1.807, 2.05) is 6.07 Å². The van der Waals surface area contributed by atoms with Crippen LogP contribution in [0.4, 0.5) is 11.5 Å². The first-order valence-corrected chi connectivity index (χ1v) is 14.9. The number of sulfonamides is 1. The Morgan fingerprint density at radius 1 is 1.15 bits per heavy atom. The molecule has 0 amide bonds. The molecule has 2 atom stereocenters. The Labute approximate surface area is 228 Å². The number of fused-ring (bicyclic) bond motifs is 1. The van der Waals surface area contributed by atoms with Crippen molar-refractivity contribution in [2.75, 3.05) is 62.2 Å². The van der Waals surface area contributed by atoms with Gasteiger partial charge in [0.25, 0.3) is 15.6 Å². The van der Waals surface area contributed by atoms with E-state index in [1.54, 1.807) is 13.0 Å². The number of rotatable bonds is 8. The molecule has 2 aromatic heterocycles. The zero-order valence-electron chi connectivity index (χ0n) is 22.6. The number of piperidine rings is 1. The van der Waals surface area contributed by atoms with Gasteiger partial charge >= 0.3 is 0 Å². The monoisotopic (exact) mass is 556 g/mol. The van der Waals surface area contributed by atoms with Gasteiger partial charge in [0.1, 0.15) is 28.9 Å². The van der Waals surface area contributed by atoms with Gasteiger partial charge in [0.15, 0.2) is 0 Å². The first-order valence-electron chi connectivity index (χ1n) is 13.4. The number of morpholine rings is 1. The van der Waals surface area contributed by atoms with E-state index < -0.39 is 15.6 Å². The zero-order chi connectivity index (χ0) is 27.6. The molecule has 0 radical (unpaired) electrons. The molecule has 11 nitrogen and oxygen atoms in total. The van der Waals surface area contributed by atoms with E-state index in [1.165, 1.54) is 24.8 Å². The van der Waals surface area contributed by atoms with Crippen molar-refractivity contribution in [3.05, 3.63) is 46.6 Å². The standard InChI is InChI=1S/C27H36N6O5S/c1-18-12-19(2)17-33(16-18)26-5-4-21(15-28-26)31-39(35,36)25-13-22-23(29-20(3)30-27(22)34)14-24(25)38-11-8-32-6-9-37-10-7-32/h4-5,13-15,18-19,31H,6-12,16-17H2,1-3H3,(H,29,30,34)/t18-,19-/m1/s1. The summed E-state index contributed by atoms with van der Waals surface area (Å²) in [5.74, 6) is 2.54. The fraction of sp³-hybridized carbons (Fsp3) is 0.519. The molecule has 39 heavy (non-hydrogen) atoms. The highest BCUT2D eigenvalue weighted by Crippen LogP contribution is 2.30. The van der Waals surface area contributed by atoms with E-state index in [0.29, 0.717) is 48.6 Å². The van der Waals surface area contributed by atoms with E-state index in [0.717, 1.165) is 32.0 Å². The summed E-state index contributed by atoms with van der Waals surface area (Å²) in [4.78, 5) is 28.5. The third kappa shape index (κ3) is 6.51. The average molecular weight is 557 g/mol. The second-order valence-corrected chi connectivity index (χ2v) is 12.3. The number of aromatic amines is 1. The maximum absolute atomic E-state index is 13.6. The molecule has 0 saturated carbocycles. The van der Waals surface area contributed by atoms with Crippen molar-refractivity contribution < 1.29 is 17.9 Å². The molecule has 3 aromatic rings. The lowest BCUT2D eigenvalue weighted by Crippen LogP contribution is -2.39. The summed E-state index contributed by atoms with van der Waals surface area (Å²) >= 11 is 0. The fourth-order valence-electron chi connectivity index (χ4n) is 5.39. The first kappa shape index (κ1) is 27.4. The van der Waals surface area contributed by atoms with E-state index in [9.17, 15) is 13.2 Å². The molecule has 4 heterocycles.